The molecule has 18 heavy (non-hydrogen) atoms. The molecule has 0 amide bonds. The summed E-state index contributed by atoms with van der Waals surface area (Å²) in [6, 6.07) is 2.82. The van der Waals surface area contributed by atoms with Gasteiger partial charge in [0.2, 0.25) is 0 Å². The number of methoxy groups -OCH3 is 1. The van der Waals surface area contributed by atoms with Gasteiger partial charge in [0.25, 0.3) is 0 Å². The second-order valence-electron chi connectivity index (χ2n) is 5.10. The van der Waals surface area contributed by atoms with E-state index in [1.807, 2.05) is 0 Å². The Kier molecular flexibility index (Phi) is 5.16. The molecular formula is C13H24N4O. The molecule has 5 nitrogen and oxygen atoms in total. The molecule has 102 valence electrons. The van der Waals surface area contributed by atoms with E-state index in [1.54, 1.807) is 7.11 Å². The average Bonchev–Trinajstić information content (AvgIpc) is 2.88. The van der Waals surface area contributed by atoms with Crippen molar-refractivity contribution >= 4 is 0 Å². The first-order valence-electron chi connectivity index (χ1n) is 6.82. The van der Waals surface area contributed by atoms with Crippen molar-refractivity contribution in [2.45, 2.75) is 50.6 Å². The third-order valence-corrected chi connectivity index (χ3v) is 3.67. The molecule has 1 aliphatic carbocycles. The highest BCUT2D eigenvalue weighted by molar-refractivity contribution is 5.02. The highest BCUT2D eigenvalue weighted by Crippen LogP contribution is 2.27. The number of nitrogens with one attached hydrogen (secondary N) is 1. The van der Waals surface area contributed by atoms with Gasteiger partial charge in [-0.3, -0.25) is 16.0 Å². The third-order valence-electron chi connectivity index (χ3n) is 3.67. The van der Waals surface area contributed by atoms with Gasteiger partial charge in [-0.25, -0.2) is 0 Å². The topological polar surface area (TPSA) is 65.1 Å². The zero-order valence-electron chi connectivity index (χ0n) is 11.1. The Morgan fingerprint density at radius 1 is 1.50 bits per heavy atom. The van der Waals surface area contributed by atoms with Crippen molar-refractivity contribution in [2.75, 3.05) is 13.7 Å². The molecule has 1 unspecified atom stereocenters. The van der Waals surface area contributed by atoms with Gasteiger partial charge < -0.3 is 4.74 Å². The molecule has 1 aliphatic rings. The molecule has 0 spiro atoms. The SMILES string of the molecule is COCC(Cc1ccn(C2CCCCC2)n1)NN. The van der Waals surface area contributed by atoms with E-state index in [0.717, 1.165) is 12.1 Å². The van der Waals surface area contributed by atoms with E-state index in [-0.39, 0.29) is 6.04 Å². The smallest absolute Gasteiger partial charge is 0.0641 e. The van der Waals surface area contributed by atoms with E-state index in [4.69, 9.17) is 10.6 Å². The standard InChI is InChI=1S/C13H24N4O/c1-18-10-12(15-14)9-11-7-8-17(16-11)13-5-3-2-4-6-13/h7-8,12-13,15H,2-6,9-10,14H2,1H3. The lowest BCUT2D eigenvalue weighted by Gasteiger charge is -2.22. The van der Waals surface area contributed by atoms with Crippen LogP contribution >= 0.6 is 0 Å². The fourth-order valence-corrected chi connectivity index (χ4v) is 2.65. The molecule has 0 saturated heterocycles. The van der Waals surface area contributed by atoms with Gasteiger partial charge >= 0.3 is 0 Å². The van der Waals surface area contributed by atoms with Crippen molar-refractivity contribution in [1.29, 1.82) is 0 Å². The minimum atomic E-state index is 0.129. The Bertz CT molecular complexity index is 347. The monoisotopic (exact) mass is 252 g/mol. The fourth-order valence-electron chi connectivity index (χ4n) is 2.65. The molecule has 1 heterocycles. The van der Waals surface area contributed by atoms with Gasteiger partial charge in [-0.05, 0) is 18.9 Å². The van der Waals surface area contributed by atoms with E-state index in [2.05, 4.69) is 27.5 Å². The van der Waals surface area contributed by atoms with Gasteiger partial charge in [0, 0.05) is 19.7 Å². The van der Waals surface area contributed by atoms with E-state index in [1.165, 1.54) is 32.1 Å². The molecule has 1 aromatic heterocycles. The van der Waals surface area contributed by atoms with E-state index in [0.29, 0.717) is 12.6 Å². The molecule has 0 radical (unpaired) electrons. The van der Waals surface area contributed by atoms with Gasteiger partial charge in [0.05, 0.1) is 24.4 Å². The van der Waals surface area contributed by atoms with Crippen LogP contribution in [0.3, 0.4) is 0 Å². The van der Waals surface area contributed by atoms with Crippen LogP contribution in [0.15, 0.2) is 12.3 Å². The van der Waals surface area contributed by atoms with Crippen molar-refractivity contribution in [3.63, 3.8) is 0 Å². The number of hydrogen-bond donors (Lipinski definition) is 2. The Morgan fingerprint density at radius 2 is 2.28 bits per heavy atom. The van der Waals surface area contributed by atoms with Gasteiger partial charge in [-0.1, -0.05) is 19.3 Å². The summed E-state index contributed by atoms with van der Waals surface area (Å²) in [5, 5.41) is 4.67. The van der Waals surface area contributed by atoms with E-state index in [9.17, 15) is 0 Å². The van der Waals surface area contributed by atoms with Crippen LogP contribution in [0.5, 0.6) is 0 Å². The average molecular weight is 252 g/mol. The lowest BCUT2D eigenvalue weighted by molar-refractivity contribution is 0.166. The molecule has 1 aromatic rings. The van der Waals surface area contributed by atoms with Gasteiger partial charge in [-0.2, -0.15) is 5.10 Å². The molecule has 2 rings (SSSR count). The second kappa shape index (κ2) is 6.87. The molecule has 0 aromatic carbocycles. The minimum absolute atomic E-state index is 0.129. The number of aromatic nitrogens is 2. The summed E-state index contributed by atoms with van der Waals surface area (Å²) in [5.74, 6) is 5.49. The summed E-state index contributed by atoms with van der Waals surface area (Å²) in [6.45, 7) is 0.604. The first-order chi connectivity index (χ1) is 8.83. The summed E-state index contributed by atoms with van der Waals surface area (Å²) < 4.78 is 7.25. The molecule has 1 atom stereocenters. The summed E-state index contributed by atoms with van der Waals surface area (Å²) in [4.78, 5) is 0. The van der Waals surface area contributed by atoms with Crippen LogP contribution in [0.25, 0.3) is 0 Å². The third kappa shape index (κ3) is 3.54. The minimum Gasteiger partial charge on any atom is -0.383 e. The van der Waals surface area contributed by atoms with Crippen molar-refractivity contribution in [1.82, 2.24) is 15.2 Å². The molecule has 3 N–H and O–H groups in total. The Morgan fingerprint density at radius 3 is 2.94 bits per heavy atom. The fraction of sp³-hybridized carbons (Fsp3) is 0.769. The Balaban J connectivity index is 1.92. The second-order valence-corrected chi connectivity index (χ2v) is 5.10. The van der Waals surface area contributed by atoms with Crippen molar-refractivity contribution in [2.24, 2.45) is 5.84 Å². The van der Waals surface area contributed by atoms with Crippen molar-refractivity contribution in [3.05, 3.63) is 18.0 Å². The highest BCUT2D eigenvalue weighted by atomic mass is 16.5. The van der Waals surface area contributed by atoms with Crippen molar-refractivity contribution < 1.29 is 4.74 Å². The summed E-state index contributed by atoms with van der Waals surface area (Å²) in [5.41, 5.74) is 3.85. The zero-order chi connectivity index (χ0) is 12.8. The first-order valence-corrected chi connectivity index (χ1v) is 6.82. The lowest BCUT2D eigenvalue weighted by Crippen LogP contribution is -2.40. The number of hydrazine groups is 1. The predicted octanol–water partition coefficient (Wildman–Crippen LogP) is 1.41. The van der Waals surface area contributed by atoms with Gasteiger partial charge in [-0.15, -0.1) is 0 Å². The quantitative estimate of drug-likeness (QED) is 0.593. The first kappa shape index (κ1) is 13.5. The van der Waals surface area contributed by atoms with E-state index < -0.39 is 0 Å². The van der Waals surface area contributed by atoms with Gasteiger partial charge in [0.1, 0.15) is 0 Å². The van der Waals surface area contributed by atoms with Crippen LogP contribution in [-0.2, 0) is 11.2 Å². The largest absolute Gasteiger partial charge is 0.383 e. The molecule has 5 heteroatoms. The molecule has 0 bridgehead atoms. The normalized spacial score (nSPS) is 19.0. The number of nitrogens with zero attached hydrogens (tertiary/aromatic N) is 2. The molecule has 0 aliphatic heterocycles. The molecule has 1 saturated carbocycles. The van der Waals surface area contributed by atoms with Crippen LogP contribution < -0.4 is 11.3 Å². The number of ether oxygens (including phenoxy) is 1. The van der Waals surface area contributed by atoms with Crippen LogP contribution in [0.2, 0.25) is 0 Å². The lowest BCUT2D eigenvalue weighted by atomic mass is 9.96. The maximum absolute atomic E-state index is 5.49. The van der Waals surface area contributed by atoms with Crippen LogP contribution in [0, 0.1) is 0 Å². The number of nitrogens with two attached hydrogens (primary N) is 1. The summed E-state index contributed by atoms with van der Waals surface area (Å²) in [7, 11) is 1.69. The van der Waals surface area contributed by atoms with Gasteiger partial charge in [0.15, 0.2) is 0 Å². The predicted molar refractivity (Wildman–Crippen MR) is 71.0 cm³/mol. The number of hydrogen-bond acceptors (Lipinski definition) is 4. The van der Waals surface area contributed by atoms with Crippen LogP contribution in [0.1, 0.15) is 43.8 Å². The van der Waals surface area contributed by atoms with Crippen molar-refractivity contribution in [3.8, 4) is 0 Å². The zero-order valence-corrected chi connectivity index (χ0v) is 11.1. The maximum atomic E-state index is 5.49. The molecular weight excluding hydrogens is 228 g/mol. The molecule has 1 fully saturated rings. The summed E-state index contributed by atoms with van der Waals surface area (Å²) in [6.07, 6.45) is 9.47. The summed E-state index contributed by atoms with van der Waals surface area (Å²) >= 11 is 0. The van der Waals surface area contributed by atoms with Crippen LogP contribution in [-0.4, -0.2) is 29.5 Å². The highest BCUT2D eigenvalue weighted by Gasteiger charge is 2.17. The Hall–Kier alpha value is -0.910. The Labute approximate surface area is 109 Å². The van der Waals surface area contributed by atoms with Crippen LogP contribution in [0.4, 0.5) is 0 Å². The maximum Gasteiger partial charge on any atom is 0.0641 e. The van der Waals surface area contributed by atoms with E-state index >= 15 is 0 Å². The number of rotatable bonds is 6.